The molecule has 0 aromatic heterocycles. The van der Waals surface area contributed by atoms with Gasteiger partial charge in [0.05, 0.1) is 0 Å². The van der Waals surface area contributed by atoms with Crippen LogP contribution >= 0.6 is 0 Å². The topological polar surface area (TPSA) is 0 Å². The Bertz CT molecular complexity index is 1200. The Labute approximate surface area is 227 Å². The third kappa shape index (κ3) is 6.98. The fraction of sp³-hybridized carbons (Fsp3) is 0.429. The van der Waals surface area contributed by atoms with E-state index in [9.17, 15) is 8.78 Å². The summed E-state index contributed by atoms with van der Waals surface area (Å²) >= 11 is 0. The maximum absolute atomic E-state index is 15.2. The lowest BCUT2D eigenvalue weighted by molar-refractivity contribution is 0.308. The highest BCUT2D eigenvalue weighted by Gasteiger charge is 2.24. The number of allylic oxidation sites excluding steroid dienone is 2. The zero-order valence-corrected chi connectivity index (χ0v) is 22.9. The molecule has 4 rings (SSSR count). The highest BCUT2D eigenvalue weighted by molar-refractivity contribution is 5.71. The molecule has 0 atom stereocenters. The molecule has 0 unspecified atom stereocenters. The molecule has 0 amide bonds. The van der Waals surface area contributed by atoms with Crippen molar-refractivity contribution in [3.63, 3.8) is 0 Å². The van der Waals surface area contributed by atoms with Crippen LogP contribution in [0.25, 0.3) is 22.3 Å². The van der Waals surface area contributed by atoms with E-state index in [4.69, 9.17) is 0 Å². The molecule has 1 fully saturated rings. The van der Waals surface area contributed by atoms with Gasteiger partial charge in [-0.05, 0) is 104 Å². The fourth-order valence-corrected chi connectivity index (χ4v) is 5.89. The van der Waals surface area contributed by atoms with Crippen LogP contribution in [0.2, 0.25) is 0 Å². The Balaban J connectivity index is 1.41. The second kappa shape index (κ2) is 13.8. The predicted molar refractivity (Wildman–Crippen MR) is 154 cm³/mol. The lowest BCUT2D eigenvalue weighted by Crippen LogP contribution is -2.14. The summed E-state index contributed by atoms with van der Waals surface area (Å²) < 4.78 is 44.8. The van der Waals surface area contributed by atoms with Gasteiger partial charge < -0.3 is 0 Å². The SMILES string of the molecule is C/C=C/CCC1CCC(c2ccc(-c3ccc(-c4ccc(CCCCCC)c(F)c4F)cc3)cc2F)CC1. The van der Waals surface area contributed by atoms with Gasteiger partial charge in [0.25, 0.3) is 0 Å². The van der Waals surface area contributed by atoms with Crippen molar-refractivity contribution in [2.45, 2.75) is 90.4 Å². The smallest absolute Gasteiger partial charge is 0.166 e. The van der Waals surface area contributed by atoms with E-state index >= 15 is 4.39 Å². The van der Waals surface area contributed by atoms with Gasteiger partial charge in [-0.3, -0.25) is 0 Å². The summed E-state index contributed by atoms with van der Waals surface area (Å²) in [5.41, 5.74) is 3.80. The average Bonchev–Trinajstić information content (AvgIpc) is 2.94. The van der Waals surface area contributed by atoms with Crippen molar-refractivity contribution in [2.24, 2.45) is 5.92 Å². The molecule has 0 nitrogen and oxygen atoms in total. The van der Waals surface area contributed by atoms with Crippen LogP contribution in [0.4, 0.5) is 13.2 Å². The molecule has 3 heteroatoms. The quantitative estimate of drug-likeness (QED) is 0.175. The van der Waals surface area contributed by atoms with E-state index in [0.717, 1.165) is 67.6 Å². The molecule has 0 aliphatic heterocycles. The first-order valence-corrected chi connectivity index (χ1v) is 14.5. The van der Waals surface area contributed by atoms with Crippen LogP contribution in [-0.4, -0.2) is 0 Å². The van der Waals surface area contributed by atoms with E-state index in [1.807, 2.05) is 24.3 Å². The fourth-order valence-electron chi connectivity index (χ4n) is 5.89. The molecule has 1 aliphatic rings. The van der Waals surface area contributed by atoms with E-state index in [-0.39, 0.29) is 17.3 Å². The van der Waals surface area contributed by atoms with Crippen molar-refractivity contribution in [1.82, 2.24) is 0 Å². The second-order valence-electron chi connectivity index (χ2n) is 10.9. The zero-order valence-electron chi connectivity index (χ0n) is 22.9. The molecule has 0 heterocycles. The summed E-state index contributed by atoms with van der Waals surface area (Å²) in [4.78, 5) is 0. The van der Waals surface area contributed by atoms with Crippen LogP contribution in [0.5, 0.6) is 0 Å². The maximum atomic E-state index is 15.2. The number of hydrogen-bond acceptors (Lipinski definition) is 0. The van der Waals surface area contributed by atoms with Crippen LogP contribution in [0.3, 0.4) is 0 Å². The molecule has 38 heavy (non-hydrogen) atoms. The van der Waals surface area contributed by atoms with Gasteiger partial charge in [-0.2, -0.15) is 0 Å². The zero-order chi connectivity index (χ0) is 26.9. The van der Waals surface area contributed by atoms with E-state index in [0.29, 0.717) is 17.5 Å². The number of benzene rings is 3. The Kier molecular flexibility index (Phi) is 10.3. The molecule has 3 aromatic carbocycles. The third-order valence-electron chi connectivity index (χ3n) is 8.26. The summed E-state index contributed by atoms with van der Waals surface area (Å²) in [5.74, 6) is -0.641. The first-order chi connectivity index (χ1) is 18.5. The van der Waals surface area contributed by atoms with Gasteiger partial charge >= 0.3 is 0 Å². The third-order valence-corrected chi connectivity index (χ3v) is 8.26. The van der Waals surface area contributed by atoms with Crippen LogP contribution < -0.4 is 0 Å². The number of aryl methyl sites for hydroxylation is 1. The number of unbranched alkanes of at least 4 members (excludes halogenated alkanes) is 3. The first-order valence-electron chi connectivity index (χ1n) is 14.5. The van der Waals surface area contributed by atoms with Crippen LogP contribution in [0.1, 0.15) is 95.1 Å². The standard InChI is InChI=1S/C35H41F3/c1-3-5-7-9-11-29-20-23-32(35(38)34(29)37)28-18-16-26(17-19-28)30-21-22-31(33(36)24-30)27-14-12-25(13-15-27)10-8-6-4-2/h4,6,16-25,27H,3,5,7-15H2,1-2H3/b6-4+. The molecular formula is C35H41F3. The first kappa shape index (κ1) is 28.2. The van der Waals surface area contributed by atoms with Crippen LogP contribution in [-0.2, 0) is 6.42 Å². The Morgan fingerprint density at radius 1 is 0.763 bits per heavy atom. The minimum atomic E-state index is -0.794. The molecule has 202 valence electrons. The summed E-state index contributed by atoms with van der Waals surface area (Å²) in [6, 6.07) is 16.2. The second-order valence-corrected chi connectivity index (χ2v) is 10.9. The molecule has 1 saturated carbocycles. The maximum Gasteiger partial charge on any atom is 0.166 e. The summed E-state index contributed by atoms with van der Waals surface area (Å²) in [7, 11) is 0. The van der Waals surface area contributed by atoms with E-state index in [2.05, 4.69) is 26.0 Å². The number of rotatable bonds is 11. The van der Waals surface area contributed by atoms with Gasteiger partial charge in [-0.25, -0.2) is 13.2 Å². The normalized spacial score (nSPS) is 17.8. The van der Waals surface area contributed by atoms with Gasteiger partial charge in [-0.1, -0.05) is 86.9 Å². The molecular weight excluding hydrogens is 477 g/mol. The van der Waals surface area contributed by atoms with Crippen molar-refractivity contribution in [1.29, 1.82) is 0 Å². The molecule has 0 bridgehead atoms. The van der Waals surface area contributed by atoms with E-state index in [1.165, 1.54) is 19.3 Å². The van der Waals surface area contributed by atoms with Crippen molar-refractivity contribution in [3.05, 3.63) is 95.3 Å². The number of hydrogen-bond donors (Lipinski definition) is 0. The molecule has 0 radical (unpaired) electrons. The van der Waals surface area contributed by atoms with Crippen LogP contribution in [0, 0.1) is 23.4 Å². The van der Waals surface area contributed by atoms with E-state index < -0.39 is 11.6 Å². The van der Waals surface area contributed by atoms with Crippen LogP contribution in [0.15, 0.2) is 66.7 Å². The lowest BCUT2D eigenvalue weighted by atomic mass is 9.77. The van der Waals surface area contributed by atoms with Crippen molar-refractivity contribution < 1.29 is 13.2 Å². The monoisotopic (exact) mass is 518 g/mol. The summed E-state index contributed by atoms with van der Waals surface area (Å²) in [6.45, 7) is 4.19. The predicted octanol–water partition coefficient (Wildman–Crippen LogP) is 11.2. The number of halogens is 3. The molecule has 0 saturated heterocycles. The minimum Gasteiger partial charge on any atom is -0.207 e. The Hall–Kier alpha value is -2.81. The molecule has 0 spiro atoms. The van der Waals surface area contributed by atoms with E-state index in [1.54, 1.807) is 30.3 Å². The van der Waals surface area contributed by atoms with Gasteiger partial charge in [-0.15, -0.1) is 0 Å². The van der Waals surface area contributed by atoms with Gasteiger partial charge in [0.1, 0.15) is 5.82 Å². The molecule has 0 N–H and O–H groups in total. The van der Waals surface area contributed by atoms with Crippen molar-refractivity contribution >= 4 is 0 Å². The Morgan fingerprint density at radius 3 is 2.16 bits per heavy atom. The van der Waals surface area contributed by atoms with Gasteiger partial charge in [0.2, 0.25) is 0 Å². The van der Waals surface area contributed by atoms with Gasteiger partial charge in [0, 0.05) is 5.56 Å². The molecule has 3 aromatic rings. The van der Waals surface area contributed by atoms with Crippen molar-refractivity contribution in [2.75, 3.05) is 0 Å². The summed E-state index contributed by atoms with van der Waals surface area (Å²) in [6.07, 6.45) is 15.8. The van der Waals surface area contributed by atoms with Gasteiger partial charge in [0.15, 0.2) is 11.6 Å². The lowest BCUT2D eigenvalue weighted by Gasteiger charge is -2.29. The summed E-state index contributed by atoms with van der Waals surface area (Å²) in [5, 5.41) is 0. The minimum absolute atomic E-state index is 0.147. The van der Waals surface area contributed by atoms with Crippen molar-refractivity contribution in [3.8, 4) is 22.3 Å². The molecule has 1 aliphatic carbocycles. The average molecular weight is 519 g/mol. The Morgan fingerprint density at radius 2 is 1.47 bits per heavy atom. The largest absolute Gasteiger partial charge is 0.207 e. The highest BCUT2D eigenvalue weighted by atomic mass is 19.2. The highest BCUT2D eigenvalue weighted by Crippen LogP contribution is 2.39.